The van der Waals surface area contributed by atoms with Gasteiger partial charge in [-0.1, -0.05) is 18.2 Å². The summed E-state index contributed by atoms with van der Waals surface area (Å²) >= 11 is 0. The molecule has 0 N–H and O–H groups in total. The van der Waals surface area contributed by atoms with Crippen molar-refractivity contribution in [3.8, 4) is 0 Å². The molecule has 1 atom stereocenters. The molecule has 0 bridgehead atoms. The zero-order valence-corrected chi connectivity index (χ0v) is 24.5. The fourth-order valence-corrected chi connectivity index (χ4v) is 6.55. The fraction of sp³-hybridized carbons (Fsp3) is 0.500. The van der Waals surface area contributed by atoms with E-state index in [1.165, 1.54) is 12.1 Å². The Bertz CT molecular complexity index is 1400. The van der Waals surface area contributed by atoms with Gasteiger partial charge in [0.05, 0.1) is 34.8 Å². The van der Waals surface area contributed by atoms with E-state index in [1.54, 1.807) is 18.2 Å². The number of anilines is 1. The molecular weight excluding hydrogens is 561 g/mol. The van der Waals surface area contributed by atoms with Crippen molar-refractivity contribution in [1.29, 1.82) is 0 Å². The predicted molar refractivity (Wildman–Crippen MR) is 154 cm³/mol. The van der Waals surface area contributed by atoms with Crippen LogP contribution in [0.1, 0.15) is 71.4 Å². The number of piperidine rings is 2. The number of benzene rings is 2. The van der Waals surface area contributed by atoms with Crippen molar-refractivity contribution in [3.05, 3.63) is 64.7 Å². The molecule has 3 heterocycles. The van der Waals surface area contributed by atoms with Crippen molar-refractivity contribution < 1.29 is 32.3 Å². The number of hydrogen-bond acceptors (Lipinski definition) is 5. The average Bonchev–Trinajstić information content (AvgIpc) is 3.26. The molecule has 43 heavy (non-hydrogen) atoms. The Kier molecular flexibility index (Phi) is 8.80. The Balaban J connectivity index is 1.24. The Morgan fingerprint density at radius 1 is 0.907 bits per heavy atom. The maximum absolute atomic E-state index is 13.5. The third-order valence-electron chi connectivity index (χ3n) is 8.91. The molecule has 3 aliphatic heterocycles. The summed E-state index contributed by atoms with van der Waals surface area (Å²) in [5, 5.41) is 0. The maximum atomic E-state index is 13.5. The first-order chi connectivity index (χ1) is 20.5. The Labute approximate surface area is 249 Å². The molecule has 2 saturated heterocycles. The van der Waals surface area contributed by atoms with Crippen LogP contribution in [0.15, 0.2) is 42.5 Å². The third kappa shape index (κ3) is 6.12. The lowest BCUT2D eigenvalue weighted by Crippen LogP contribution is -2.49. The highest BCUT2D eigenvalue weighted by Crippen LogP contribution is 2.36. The summed E-state index contributed by atoms with van der Waals surface area (Å²) in [5.41, 5.74) is 0.443. The van der Waals surface area contributed by atoms with Crippen LogP contribution in [0.25, 0.3) is 0 Å². The van der Waals surface area contributed by atoms with Crippen molar-refractivity contribution in [1.82, 2.24) is 14.7 Å². The van der Waals surface area contributed by atoms with Crippen LogP contribution in [-0.2, 0) is 22.3 Å². The number of carbonyl (C=O) groups excluding carboxylic acids is 4. The minimum absolute atomic E-state index is 0.0634. The zero-order chi connectivity index (χ0) is 30.9. The number of carbonyl (C=O) groups is 4. The van der Waals surface area contributed by atoms with E-state index in [9.17, 15) is 32.3 Å². The SMILES string of the molecule is CCN(CC)C(=O)[C@H]1CCCN(C(=O)C2CCN(c3cccc4c3C(=O)N(Cc3cccc(C(F)(F)F)c3)C4=O)CC2)C1. The number of fused-ring (bicyclic) bond motifs is 1. The highest BCUT2D eigenvalue weighted by atomic mass is 19.4. The van der Waals surface area contributed by atoms with E-state index < -0.39 is 23.6 Å². The molecule has 0 saturated carbocycles. The van der Waals surface area contributed by atoms with Crippen molar-refractivity contribution in [2.75, 3.05) is 44.2 Å². The van der Waals surface area contributed by atoms with Crippen LogP contribution >= 0.6 is 0 Å². The van der Waals surface area contributed by atoms with Crippen LogP contribution in [0.2, 0.25) is 0 Å². The molecule has 2 aromatic rings. The van der Waals surface area contributed by atoms with E-state index in [0.29, 0.717) is 57.8 Å². The Morgan fingerprint density at radius 3 is 2.28 bits per heavy atom. The van der Waals surface area contributed by atoms with Gasteiger partial charge in [-0.3, -0.25) is 24.1 Å². The van der Waals surface area contributed by atoms with E-state index >= 15 is 0 Å². The van der Waals surface area contributed by atoms with Gasteiger partial charge in [0, 0.05) is 45.2 Å². The second-order valence-corrected chi connectivity index (χ2v) is 11.5. The van der Waals surface area contributed by atoms with Crippen molar-refractivity contribution >= 4 is 29.3 Å². The molecule has 3 aliphatic rings. The summed E-state index contributed by atoms with van der Waals surface area (Å²) in [5.74, 6) is -1.27. The molecule has 2 fully saturated rings. The van der Waals surface area contributed by atoms with Crippen LogP contribution < -0.4 is 4.90 Å². The number of imide groups is 1. The highest BCUT2D eigenvalue weighted by Gasteiger charge is 2.40. The highest BCUT2D eigenvalue weighted by molar-refractivity contribution is 6.23. The summed E-state index contributed by atoms with van der Waals surface area (Å²) in [6.45, 7) is 7.07. The van der Waals surface area contributed by atoms with E-state index in [4.69, 9.17) is 0 Å². The quantitative estimate of drug-likeness (QED) is 0.427. The number of halogens is 3. The van der Waals surface area contributed by atoms with Gasteiger partial charge >= 0.3 is 6.18 Å². The Hall–Kier alpha value is -3.89. The van der Waals surface area contributed by atoms with Crippen LogP contribution in [0, 0.1) is 11.8 Å². The lowest BCUT2D eigenvalue weighted by molar-refractivity contribution is -0.143. The molecule has 230 valence electrons. The number of nitrogens with zero attached hydrogens (tertiary/aromatic N) is 4. The number of alkyl halides is 3. The zero-order valence-electron chi connectivity index (χ0n) is 24.5. The van der Waals surface area contributed by atoms with Gasteiger partial charge in [0.25, 0.3) is 11.8 Å². The summed E-state index contributed by atoms with van der Waals surface area (Å²) < 4.78 is 39.6. The molecule has 2 aromatic carbocycles. The van der Waals surface area contributed by atoms with Gasteiger partial charge in [0.15, 0.2) is 0 Å². The lowest BCUT2D eigenvalue weighted by atomic mass is 9.91. The average molecular weight is 599 g/mol. The summed E-state index contributed by atoms with van der Waals surface area (Å²) in [4.78, 5) is 59.7. The molecule has 0 spiro atoms. The van der Waals surface area contributed by atoms with Gasteiger partial charge in [0.2, 0.25) is 11.8 Å². The normalized spacial score (nSPS) is 19.6. The number of amides is 4. The predicted octanol–water partition coefficient (Wildman–Crippen LogP) is 4.83. The van der Waals surface area contributed by atoms with E-state index in [-0.39, 0.29) is 46.9 Å². The standard InChI is InChI=1S/C32H37F3N4O4/c1-3-36(4-2)29(41)23-9-7-15-38(20-23)28(40)22-13-16-37(17-14-22)26-12-6-11-25-27(26)31(43)39(30(25)42)19-21-8-5-10-24(18-21)32(33,34)35/h5-6,8,10-12,18,22-23H,3-4,7,9,13-17,19-20H2,1-2H3/t23-/m0/s1. The molecule has 0 aromatic heterocycles. The first-order valence-corrected chi connectivity index (χ1v) is 15.0. The molecule has 0 radical (unpaired) electrons. The van der Waals surface area contributed by atoms with Crippen LogP contribution in [-0.4, -0.2) is 77.6 Å². The van der Waals surface area contributed by atoms with Crippen LogP contribution in [0.5, 0.6) is 0 Å². The molecule has 0 unspecified atom stereocenters. The summed E-state index contributed by atoms with van der Waals surface area (Å²) in [6.07, 6.45) is -1.80. The van der Waals surface area contributed by atoms with E-state index in [2.05, 4.69) is 0 Å². The summed E-state index contributed by atoms with van der Waals surface area (Å²) in [6, 6.07) is 9.67. The Morgan fingerprint density at radius 2 is 1.60 bits per heavy atom. The van der Waals surface area contributed by atoms with Gasteiger partial charge in [-0.15, -0.1) is 0 Å². The van der Waals surface area contributed by atoms with Gasteiger partial charge in [-0.05, 0) is 69.4 Å². The topological polar surface area (TPSA) is 81.2 Å². The molecule has 4 amide bonds. The number of likely N-dealkylation sites (tertiary alicyclic amines) is 1. The van der Waals surface area contributed by atoms with Gasteiger partial charge < -0.3 is 14.7 Å². The number of rotatable bonds is 7. The van der Waals surface area contributed by atoms with E-state index in [0.717, 1.165) is 29.9 Å². The largest absolute Gasteiger partial charge is 0.416 e. The lowest BCUT2D eigenvalue weighted by Gasteiger charge is -2.39. The molecule has 8 nitrogen and oxygen atoms in total. The summed E-state index contributed by atoms with van der Waals surface area (Å²) in [7, 11) is 0. The van der Waals surface area contributed by atoms with Crippen molar-refractivity contribution in [3.63, 3.8) is 0 Å². The van der Waals surface area contributed by atoms with Crippen molar-refractivity contribution in [2.45, 2.75) is 52.3 Å². The fourth-order valence-electron chi connectivity index (χ4n) is 6.55. The maximum Gasteiger partial charge on any atom is 0.416 e. The van der Waals surface area contributed by atoms with Crippen molar-refractivity contribution in [2.24, 2.45) is 11.8 Å². The second-order valence-electron chi connectivity index (χ2n) is 11.5. The third-order valence-corrected chi connectivity index (χ3v) is 8.91. The van der Waals surface area contributed by atoms with Gasteiger partial charge in [-0.2, -0.15) is 13.2 Å². The van der Waals surface area contributed by atoms with Crippen LogP contribution in [0.4, 0.5) is 18.9 Å². The molecule has 0 aliphatic carbocycles. The van der Waals surface area contributed by atoms with Gasteiger partial charge in [0.1, 0.15) is 0 Å². The van der Waals surface area contributed by atoms with E-state index in [1.807, 2.05) is 28.5 Å². The van der Waals surface area contributed by atoms with Crippen LogP contribution in [0.3, 0.4) is 0 Å². The van der Waals surface area contributed by atoms with Gasteiger partial charge in [-0.25, -0.2) is 0 Å². The molecule has 5 rings (SSSR count). The molecule has 11 heteroatoms. The first-order valence-electron chi connectivity index (χ1n) is 15.0. The smallest absolute Gasteiger partial charge is 0.371 e. The molecular formula is C32H37F3N4O4. The monoisotopic (exact) mass is 598 g/mol. The minimum atomic E-state index is -4.53. The number of hydrogen-bond donors (Lipinski definition) is 0. The second kappa shape index (κ2) is 12.4. The minimum Gasteiger partial charge on any atom is -0.371 e. The first kappa shape index (κ1) is 30.6.